The van der Waals surface area contributed by atoms with Crippen LogP contribution in [0.25, 0.3) is 0 Å². The first-order chi connectivity index (χ1) is 15.9. The number of rotatable bonds is 5. The van der Waals surface area contributed by atoms with Gasteiger partial charge in [0.25, 0.3) is 0 Å². The molecule has 0 aliphatic carbocycles. The molecule has 0 saturated carbocycles. The van der Waals surface area contributed by atoms with Gasteiger partial charge in [0.2, 0.25) is 0 Å². The molecule has 0 bridgehead atoms. The van der Waals surface area contributed by atoms with E-state index in [4.69, 9.17) is 14.7 Å². The van der Waals surface area contributed by atoms with Crippen molar-refractivity contribution in [1.82, 2.24) is 25.1 Å². The van der Waals surface area contributed by atoms with Crippen LogP contribution < -0.4 is 10.6 Å². The Hall–Kier alpha value is -3.73. The Balaban J connectivity index is 1.71. The molecule has 0 spiro atoms. The summed E-state index contributed by atoms with van der Waals surface area (Å²) in [5, 5.41) is 21.0. The third-order valence-electron chi connectivity index (χ3n) is 4.40. The summed E-state index contributed by atoms with van der Waals surface area (Å²) in [5.41, 5.74) is -2.12. The van der Waals surface area contributed by atoms with Crippen molar-refractivity contribution in [3.63, 3.8) is 0 Å². The number of hydrogen-bond acceptors (Lipinski definition) is 10. The molecule has 1 saturated heterocycles. The Labute approximate surface area is 193 Å². The van der Waals surface area contributed by atoms with Crippen LogP contribution in [0.3, 0.4) is 0 Å². The molecule has 1 unspecified atom stereocenters. The molecule has 3 heterocycles. The molecular formula is C20H23F3N8O3. The number of ether oxygens (including phenoxy) is 2. The number of nitrogens with zero attached hydrogens (tertiary/aromatic N) is 6. The first-order valence-corrected chi connectivity index (χ1v) is 10.2. The molecule has 1 atom stereocenters. The highest BCUT2D eigenvalue weighted by atomic mass is 19.4. The fraction of sp³-hybridized carbons (Fsp3) is 0.500. The standard InChI is InChI=1S/C20H23F3N8O3/c1-19(2,3)34-18(32)31-4-5-33-13(11-31)9-26-14-6-15(29-30-17(14)20(21,22)23)28-16-10-25-12(7-24)8-27-16/h6,8,10,13H,4-5,9,11H2,1-3H3,(H2,26,27,28,29). The fourth-order valence-electron chi connectivity index (χ4n) is 2.94. The monoisotopic (exact) mass is 480 g/mol. The van der Waals surface area contributed by atoms with E-state index in [0.29, 0.717) is 6.54 Å². The van der Waals surface area contributed by atoms with E-state index in [1.807, 2.05) is 6.07 Å². The van der Waals surface area contributed by atoms with Crippen LogP contribution in [0.5, 0.6) is 0 Å². The van der Waals surface area contributed by atoms with Gasteiger partial charge in [0.15, 0.2) is 17.2 Å². The number of nitriles is 1. The van der Waals surface area contributed by atoms with Crippen LogP contribution >= 0.6 is 0 Å². The van der Waals surface area contributed by atoms with Crippen LogP contribution in [-0.4, -0.2) is 69.1 Å². The summed E-state index contributed by atoms with van der Waals surface area (Å²) in [4.78, 5) is 21.5. The molecule has 1 aliphatic rings. The maximum Gasteiger partial charge on any atom is 0.437 e. The van der Waals surface area contributed by atoms with Crippen molar-refractivity contribution in [3.8, 4) is 6.07 Å². The third kappa shape index (κ3) is 6.88. The second-order valence-electron chi connectivity index (χ2n) is 8.31. The summed E-state index contributed by atoms with van der Waals surface area (Å²) >= 11 is 0. The number of hydrogen-bond donors (Lipinski definition) is 2. The van der Waals surface area contributed by atoms with Crippen molar-refractivity contribution in [2.75, 3.05) is 36.9 Å². The van der Waals surface area contributed by atoms with Gasteiger partial charge in [0.1, 0.15) is 17.5 Å². The molecule has 2 N–H and O–H groups in total. The van der Waals surface area contributed by atoms with Crippen molar-refractivity contribution in [2.24, 2.45) is 0 Å². The average Bonchev–Trinajstić information content (AvgIpc) is 2.76. The lowest BCUT2D eigenvalue weighted by molar-refractivity contribution is -0.141. The fourth-order valence-corrected chi connectivity index (χ4v) is 2.94. The van der Waals surface area contributed by atoms with Crippen molar-refractivity contribution in [3.05, 3.63) is 29.8 Å². The highest BCUT2D eigenvalue weighted by Crippen LogP contribution is 2.34. The minimum atomic E-state index is -4.75. The van der Waals surface area contributed by atoms with E-state index in [9.17, 15) is 18.0 Å². The van der Waals surface area contributed by atoms with E-state index in [1.54, 1.807) is 20.8 Å². The minimum absolute atomic E-state index is 0.0190. The van der Waals surface area contributed by atoms with E-state index >= 15 is 0 Å². The number of halogens is 3. The zero-order valence-electron chi connectivity index (χ0n) is 18.7. The Kier molecular flexibility index (Phi) is 7.35. The number of anilines is 3. The van der Waals surface area contributed by atoms with E-state index in [1.165, 1.54) is 17.3 Å². The van der Waals surface area contributed by atoms with Crippen LogP contribution in [-0.2, 0) is 15.7 Å². The Morgan fingerprint density at radius 2 is 2.03 bits per heavy atom. The lowest BCUT2D eigenvalue weighted by Crippen LogP contribution is -2.49. The number of morpholine rings is 1. The van der Waals surface area contributed by atoms with E-state index in [-0.39, 0.29) is 42.7 Å². The second-order valence-corrected chi connectivity index (χ2v) is 8.31. The molecule has 14 heteroatoms. The first-order valence-electron chi connectivity index (χ1n) is 10.2. The Bertz CT molecular complexity index is 1050. The number of alkyl halides is 3. The molecule has 0 aromatic carbocycles. The van der Waals surface area contributed by atoms with Gasteiger partial charge in [0, 0.05) is 19.2 Å². The Morgan fingerprint density at radius 1 is 1.26 bits per heavy atom. The molecule has 2 aromatic heterocycles. The molecule has 3 rings (SSSR count). The molecule has 1 fully saturated rings. The number of aromatic nitrogens is 4. The molecular weight excluding hydrogens is 457 g/mol. The molecule has 182 valence electrons. The lowest BCUT2D eigenvalue weighted by Gasteiger charge is -2.34. The predicted octanol–water partition coefficient (Wildman–Crippen LogP) is 2.95. The van der Waals surface area contributed by atoms with Gasteiger partial charge in [-0.15, -0.1) is 10.2 Å². The summed E-state index contributed by atoms with van der Waals surface area (Å²) in [7, 11) is 0. The van der Waals surface area contributed by atoms with Crippen LogP contribution in [0.1, 0.15) is 32.2 Å². The minimum Gasteiger partial charge on any atom is -0.444 e. The number of amides is 1. The van der Waals surface area contributed by atoms with Crippen molar-refractivity contribution in [1.29, 1.82) is 5.26 Å². The smallest absolute Gasteiger partial charge is 0.437 e. The first kappa shape index (κ1) is 24.9. The third-order valence-corrected chi connectivity index (χ3v) is 4.40. The zero-order valence-corrected chi connectivity index (χ0v) is 18.7. The highest BCUT2D eigenvalue weighted by molar-refractivity contribution is 5.68. The summed E-state index contributed by atoms with van der Waals surface area (Å²) in [5.74, 6) is 0.150. The SMILES string of the molecule is CC(C)(C)OC(=O)N1CCOC(CNc2cc(Nc3cnc(C#N)cn3)nnc2C(F)(F)F)C1. The molecule has 0 radical (unpaired) electrons. The molecule has 34 heavy (non-hydrogen) atoms. The molecule has 2 aromatic rings. The highest BCUT2D eigenvalue weighted by Gasteiger charge is 2.37. The topological polar surface area (TPSA) is 138 Å². The number of carbonyl (C=O) groups excluding carboxylic acids is 1. The van der Waals surface area contributed by atoms with Crippen molar-refractivity contribution >= 4 is 23.4 Å². The number of carbonyl (C=O) groups is 1. The van der Waals surface area contributed by atoms with Gasteiger partial charge in [-0.1, -0.05) is 0 Å². The van der Waals surface area contributed by atoms with E-state index < -0.39 is 29.7 Å². The normalized spacial score (nSPS) is 16.5. The van der Waals surface area contributed by atoms with Gasteiger partial charge < -0.3 is 25.0 Å². The molecule has 1 amide bonds. The van der Waals surface area contributed by atoms with Gasteiger partial charge >= 0.3 is 12.3 Å². The van der Waals surface area contributed by atoms with Crippen LogP contribution in [0.2, 0.25) is 0 Å². The van der Waals surface area contributed by atoms with Crippen molar-refractivity contribution in [2.45, 2.75) is 38.7 Å². The summed E-state index contributed by atoms with van der Waals surface area (Å²) in [6.07, 6.45) is -3.39. The largest absolute Gasteiger partial charge is 0.444 e. The molecule has 1 aliphatic heterocycles. The van der Waals surface area contributed by atoms with Gasteiger partial charge in [-0.3, -0.25) is 0 Å². The van der Waals surface area contributed by atoms with Crippen LogP contribution in [0.4, 0.5) is 35.3 Å². The maximum atomic E-state index is 13.5. The van der Waals surface area contributed by atoms with Crippen molar-refractivity contribution < 1.29 is 27.4 Å². The lowest BCUT2D eigenvalue weighted by atomic mass is 10.2. The van der Waals surface area contributed by atoms with Crippen LogP contribution in [0, 0.1) is 11.3 Å². The predicted molar refractivity (Wildman–Crippen MR) is 113 cm³/mol. The van der Waals surface area contributed by atoms with E-state index in [2.05, 4.69) is 30.8 Å². The van der Waals surface area contributed by atoms with Crippen LogP contribution in [0.15, 0.2) is 18.5 Å². The quantitative estimate of drug-likeness (QED) is 0.657. The maximum absolute atomic E-state index is 13.5. The average molecular weight is 480 g/mol. The Morgan fingerprint density at radius 3 is 2.65 bits per heavy atom. The van der Waals surface area contributed by atoms with E-state index in [0.717, 1.165) is 6.07 Å². The second kappa shape index (κ2) is 10.0. The summed E-state index contributed by atoms with van der Waals surface area (Å²) in [6.45, 7) is 5.89. The van der Waals surface area contributed by atoms with Gasteiger partial charge in [-0.05, 0) is 20.8 Å². The zero-order chi connectivity index (χ0) is 24.9. The van der Waals surface area contributed by atoms with Gasteiger partial charge in [-0.25, -0.2) is 14.8 Å². The summed E-state index contributed by atoms with van der Waals surface area (Å²) < 4.78 is 51.3. The summed E-state index contributed by atoms with van der Waals surface area (Å²) in [6, 6.07) is 2.94. The molecule has 11 nitrogen and oxygen atoms in total. The van der Waals surface area contributed by atoms with Gasteiger partial charge in [0.05, 0.1) is 37.3 Å². The van der Waals surface area contributed by atoms with Gasteiger partial charge in [-0.2, -0.15) is 18.4 Å². The number of nitrogens with one attached hydrogen (secondary N) is 2.